The highest BCUT2D eigenvalue weighted by Gasteiger charge is 2.48. The molecule has 0 heterocycles. The molecule has 0 radical (unpaired) electrons. The maximum absolute atomic E-state index is 13.1. The van der Waals surface area contributed by atoms with Crippen molar-refractivity contribution in [3.05, 3.63) is 119 Å². The third kappa shape index (κ3) is 8.33. The minimum Gasteiger partial charge on any atom is -0.377 e. The predicted molar refractivity (Wildman–Crippen MR) is 174 cm³/mol. The topological polar surface area (TPSA) is 93.6 Å². The van der Waals surface area contributed by atoms with Gasteiger partial charge in [0.2, 0.25) is 0 Å². The highest BCUT2D eigenvalue weighted by molar-refractivity contribution is 6.00. The Balaban J connectivity index is 1.14. The fourth-order valence-electron chi connectivity index (χ4n) is 6.55. The second kappa shape index (κ2) is 15.1. The SMILES string of the molecule is O=C(NCC(O)NCCCCCC1([C@@H](O)NCC(F)(F)F)c2ccccc2-c2ccccc21)c1ccccc1-c1ccc(C(F)(F)F)cc1. The number of aliphatic hydroxyl groups excluding tert-OH is 2. The van der Waals surface area contributed by atoms with Gasteiger partial charge in [-0.15, -0.1) is 0 Å². The molecule has 0 aliphatic heterocycles. The van der Waals surface area contributed by atoms with E-state index in [2.05, 4.69) is 16.0 Å². The zero-order valence-corrected chi connectivity index (χ0v) is 26.4. The number of hydrogen-bond acceptors (Lipinski definition) is 5. The zero-order chi connectivity index (χ0) is 35.2. The van der Waals surface area contributed by atoms with Crippen molar-refractivity contribution in [1.29, 1.82) is 0 Å². The lowest BCUT2D eigenvalue weighted by Crippen LogP contribution is -2.50. The van der Waals surface area contributed by atoms with Gasteiger partial charge in [-0.2, -0.15) is 26.3 Å². The number of nitrogens with one attached hydrogen (secondary N) is 3. The lowest BCUT2D eigenvalue weighted by Gasteiger charge is -2.37. The molecule has 0 fully saturated rings. The van der Waals surface area contributed by atoms with Crippen molar-refractivity contribution < 1.29 is 41.4 Å². The minimum atomic E-state index is -4.50. The Morgan fingerprint density at radius 3 is 1.86 bits per heavy atom. The van der Waals surface area contributed by atoms with Gasteiger partial charge < -0.3 is 15.5 Å². The van der Waals surface area contributed by atoms with Crippen LogP contribution >= 0.6 is 0 Å². The van der Waals surface area contributed by atoms with Crippen molar-refractivity contribution in [2.24, 2.45) is 0 Å². The Kier molecular flexibility index (Phi) is 11.1. The van der Waals surface area contributed by atoms with Gasteiger partial charge >= 0.3 is 12.4 Å². The molecule has 49 heavy (non-hydrogen) atoms. The van der Waals surface area contributed by atoms with Crippen LogP contribution in [0.15, 0.2) is 97.1 Å². The molecule has 2 atom stereocenters. The van der Waals surface area contributed by atoms with Gasteiger partial charge in [0.25, 0.3) is 5.91 Å². The Bertz CT molecular complexity index is 1680. The summed E-state index contributed by atoms with van der Waals surface area (Å²) in [4.78, 5) is 13.0. The molecule has 0 saturated heterocycles. The number of halogens is 6. The number of rotatable bonds is 14. The van der Waals surface area contributed by atoms with Gasteiger partial charge in [0, 0.05) is 5.56 Å². The molecule has 6 nitrogen and oxygen atoms in total. The average molecular weight is 686 g/mol. The van der Waals surface area contributed by atoms with Crippen molar-refractivity contribution in [2.75, 3.05) is 19.6 Å². The lowest BCUT2D eigenvalue weighted by atomic mass is 9.72. The number of carbonyl (C=O) groups excluding carboxylic acids is 1. The van der Waals surface area contributed by atoms with E-state index in [-0.39, 0.29) is 12.1 Å². The van der Waals surface area contributed by atoms with E-state index in [1.54, 1.807) is 24.3 Å². The summed E-state index contributed by atoms with van der Waals surface area (Å²) in [5.74, 6) is -0.503. The average Bonchev–Trinajstić information content (AvgIpc) is 3.37. The van der Waals surface area contributed by atoms with Crippen molar-refractivity contribution in [3.63, 3.8) is 0 Å². The van der Waals surface area contributed by atoms with Gasteiger partial charge in [-0.3, -0.25) is 15.4 Å². The highest BCUT2D eigenvalue weighted by atomic mass is 19.4. The Labute approximate surface area is 280 Å². The van der Waals surface area contributed by atoms with Gasteiger partial charge in [-0.25, -0.2) is 0 Å². The van der Waals surface area contributed by atoms with Crippen molar-refractivity contribution >= 4 is 5.91 Å². The number of hydrogen-bond donors (Lipinski definition) is 5. The van der Waals surface area contributed by atoms with Gasteiger partial charge in [0.05, 0.1) is 24.1 Å². The molecule has 5 rings (SSSR count). The largest absolute Gasteiger partial charge is 0.416 e. The molecule has 1 amide bonds. The number of benzene rings is 4. The summed E-state index contributed by atoms with van der Waals surface area (Å²) in [7, 11) is 0. The van der Waals surface area contributed by atoms with Crippen LogP contribution in [0.3, 0.4) is 0 Å². The van der Waals surface area contributed by atoms with Gasteiger partial charge in [-0.1, -0.05) is 91.7 Å². The standard InChI is InChI=1S/C37H37F6N3O3/c38-36(39,40)23-46-34(49)35(30-14-6-4-11-27(30)28-12-5-7-15-31(28)35)20-8-1-9-21-44-32(47)22-45-33(48)29-13-3-2-10-26(29)24-16-18-25(19-17-24)37(41,42)43/h2-7,10-19,32,34,44,46-47,49H,1,8-9,20-23H2,(H,45,48)/t32?,34-/m1/s1. The van der Waals surface area contributed by atoms with E-state index < -0.39 is 48.2 Å². The van der Waals surface area contributed by atoms with E-state index in [1.807, 2.05) is 48.5 Å². The zero-order valence-electron chi connectivity index (χ0n) is 26.4. The molecule has 4 aromatic carbocycles. The number of carbonyl (C=O) groups is 1. The normalized spacial score (nSPS) is 14.9. The maximum Gasteiger partial charge on any atom is 0.416 e. The van der Waals surface area contributed by atoms with E-state index in [1.165, 1.54) is 12.1 Å². The summed E-state index contributed by atoms with van der Waals surface area (Å²) >= 11 is 0. The van der Waals surface area contributed by atoms with Crippen LogP contribution in [0.2, 0.25) is 0 Å². The van der Waals surface area contributed by atoms with Gasteiger partial charge in [0.15, 0.2) is 0 Å². The van der Waals surface area contributed by atoms with Crippen LogP contribution in [0, 0.1) is 0 Å². The smallest absolute Gasteiger partial charge is 0.377 e. The molecular formula is C37H37F6N3O3. The first-order chi connectivity index (χ1) is 23.3. The summed E-state index contributed by atoms with van der Waals surface area (Å²) in [5, 5.41) is 29.7. The van der Waals surface area contributed by atoms with E-state index in [9.17, 15) is 41.4 Å². The minimum absolute atomic E-state index is 0.131. The van der Waals surface area contributed by atoms with Crippen LogP contribution < -0.4 is 16.0 Å². The quantitative estimate of drug-likeness (QED) is 0.0560. The first-order valence-electron chi connectivity index (χ1n) is 15.9. The molecular weight excluding hydrogens is 648 g/mol. The molecule has 4 aromatic rings. The van der Waals surface area contributed by atoms with Crippen LogP contribution in [0.1, 0.15) is 52.7 Å². The predicted octanol–water partition coefficient (Wildman–Crippen LogP) is 7.01. The van der Waals surface area contributed by atoms with Gasteiger partial charge in [-0.05, 0) is 71.0 Å². The van der Waals surface area contributed by atoms with Gasteiger partial charge in [0.1, 0.15) is 12.5 Å². The Hall–Kier alpha value is -4.23. The fraction of sp³-hybridized carbons (Fsp3) is 0.324. The molecule has 0 spiro atoms. The monoisotopic (exact) mass is 685 g/mol. The Morgan fingerprint density at radius 1 is 0.694 bits per heavy atom. The Morgan fingerprint density at radius 2 is 1.27 bits per heavy atom. The van der Waals surface area contributed by atoms with Crippen molar-refractivity contribution in [3.8, 4) is 22.3 Å². The molecule has 1 unspecified atom stereocenters. The van der Waals surface area contributed by atoms with Crippen LogP contribution in [0.25, 0.3) is 22.3 Å². The van der Waals surface area contributed by atoms with Crippen molar-refractivity contribution in [2.45, 2.75) is 55.9 Å². The summed E-state index contributed by atoms with van der Waals surface area (Å²) < 4.78 is 78.4. The number of amides is 1. The van der Waals surface area contributed by atoms with E-state index in [4.69, 9.17) is 0 Å². The lowest BCUT2D eigenvalue weighted by molar-refractivity contribution is -0.137. The molecule has 1 aliphatic rings. The summed E-state index contributed by atoms with van der Waals surface area (Å²) in [6.07, 6.45) is -9.36. The first-order valence-corrected chi connectivity index (χ1v) is 15.9. The second-order valence-electron chi connectivity index (χ2n) is 12.1. The summed E-state index contributed by atoms with van der Waals surface area (Å²) in [6.45, 7) is -1.08. The second-order valence-corrected chi connectivity index (χ2v) is 12.1. The molecule has 0 bridgehead atoms. The summed E-state index contributed by atoms with van der Waals surface area (Å²) in [6, 6.07) is 25.9. The van der Waals surface area contributed by atoms with Crippen LogP contribution in [0.5, 0.6) is 0 Å². The third-order valence-electron chi connectivity index (χ3n) is 8.85. The summed E-state index contributed by atoms with van der Waals surface area (Å²) in [5.41, 5.74) is 2.52. The van der Waals surface area contributed by atoms with Crippen LogP contribution in [0.4, 0.5) is 26.3 Å². The molecule has 12 heteroatoms. The molecule has 260 valence electrons. The van der Waals surface area contributed by atoms with E-state index in [0.29, 0.717) is 43.4 Å². The van der Waals surface area contributed by atoms with Crippen molar-refractivity contribution in [1.82, 2.24) is 16.0 Å². The van der Waals surface area contributed by atoms with Crippen LogP contribution in [-0.2, 0) is 11.6 Å². The number of alkyl halides is 6. The molecule has 0 saturated carbocycles. The molecule has 0 aromatic heterocycles. The van der Waals surface area contributed by atoms with E-state index in [0.717, 1.165) is 34.4 Å². The number of unbranched alkanes of at least 4 members (excludes halogenated alkanes) is 2. The number of fused-ring (bicyclic) bond motifs is 3. The molecule has 5 N–H and O–H groups in total. The first kappa shape index (κ1) is 36.1. The number of aliphatic hydroxyl groups is 2. The highest BCUT2D eigenvalue weighted by Crippen LogP contribution is 2.53. The van der Waals surface area contributed by atoms with Crippen LogP contribution in [-0.4, -0.2) is 54.4 Å². The fourth-order valence-corrected chi connectivity index (χ4v) is 6.55. The third-order valence-corrected chi connectivity index (χ3v) is 8.85. The maximum atomic E-state index is 13.1. The molecule has 1 aliphatic carbocycles. The van der Waals surface area contributed by atoms with E-state index >= 15 is 0 Å².